The fraction of sp³-hybridized carbons (Fsp3) is 0.524. The maximum absolute atomic E-state index is 13.0. The lowest BCUT2D eigenvalue weighted by Crippen LogP contribution is -2.56. The Morgan fingerprint density at radius 2 is 2.00 bits per heavy atom. The average molecular weight is 420 g/mol. The number of hydrogen-bond acceptors (Lipinski definition) is 7. The molecule has 1 amide bonds. The summed E-state index contributed by atoms with van der Waals surface area (Å²) in [5.41, 5.74) is 0.599. The van der Waals surface area contributed by atoms with Gasteiger partial charge in [-0.3, -0.25) is 9.69 Å². The first kappa shape index (κ1) is 21.5. The summed E-state index contributed by atoms with van der Waals surface area (Å²) in [4.78, 5) is 21.6. The van der Waals surface area contributed by atoms with Crippen LogP contribution in [0.2, 0.25) is 0 Å². The molecule has 1 aromatic carbocycles. The van der Waals surface area contributed by atoms with Crippen LogP contribution in [0, 0.1) is 0 Å². The second kappa shape index (κ2) is 8.69. The zero-order chi connectivity index (χ0) is 21.2. The molecule has 1 unspecified atom stereocenters. The van der Waals surface area contributed by atoms with Crippen LogP contribution in [0.15, 0.2) is 23.6 Å². The van der Waals surface area contributed by atoms with Crippen molar-refractivity contribution < 1.29 is 19.4 Å². The number of aromatic nitrogens is 1. The van der Waals surface area contributed by atoms with Gasteiger partial charge in [0.05, 0.1) is 19.8 Å². The number of carbonyl (C=O) groups excluding carboxylic acids is 1. The van der Waals surface area contributed by atoms with Gasteiger partial charge in [0.15, 0.2) is 11.5 Å². The van der Waals surface area contributed by atoms with E-state index in [4.69, 9.17) is 9.47 Å². The molecule has 0 bridgehead atoms. The highest BCUT2D eigenvalue weighted by atomic mass is 32.1. The number of hydrogen-bond donors (Lipinski definition) is 1. The molecule has 158 valence electrons. The molecule has 0 radical (unpaired) electrons. The largest absolute Gasteiger partial charge is 0.493 e. The van der Waals surface area contributed by atoms with Gasteiger partial charge in [0.25, 0.3) is 5.91 Å². The Bertz CT molecular complexity index is 862. The van der Waals surface area contributed by atoms with E-state index in [0.29, 0.717) is 36.8 Å². The van der Waals surface area contributed by atoms with Crippen LogP contribution in [-0.2, 0) is 0 Å². The van der Waals surface area contributed by atoms with Crippen LogP contribution in [0.5, 0.6) is 11.5 Å². The third-order valence-corrected chi connectivity index (χ3v) is 5.89. The van der Waals surface area contributed by atoms with Gasteiger partial charge in [-0.05, 0) is 39.0 Å². The Labute approximate surface area is 175 Å². The maximum atomic E-state index is 13.0. The molecule has 1 saturated heterocycles. The summed E-state index contributed by atoms with van der Waals surface area (Å²) in [6.07, 6.45) is 0. The number of thiazole rings is 1. The van der Waals surface area contributed by atoms with Crippen molar-refractivity contribution in [1.82, 2.24) is 14.8 Å². The third kappa shape index (κ3) is 5.07. The van der Waals surface area contributed by atoms with E-state index < -0.39 is 5.60 Å². The van der Waals surface area contributed by atoms with Crippen LogP contribution in [0.25, 0.3) is 10.6 Å². The molecule has 1 aromatic heterocycles. The summed E-state index contributed by atoms with van der Waals surface area (Å²) in [5, 5.41) is 12.6. The zero-order valence-corrected chi connectivity index (χ0v) is 18.5. The SMILES string of the molecule is COc1ccc(-c2nc(C(=O)N3CCN(CC(C)(C)O)C(C)C3)cs2)cc1OC. The highest BCUT2D eigenvalue weighted by molar-refractivity contribution is 7.13. The minimum absolute atomic E-state index is 0.0530. The molecule has 1 aliphatic rings. The second-order valence-electron chi connectivity index (χ2n) is 7.99. The van der Waals surface area contributed by atoms with E-state index in [2.05, 4.69) is 16.8 Å². The molecule has 29 heavy (non-hydrogen) atoms. The molecule has 1 N–H and O–H groups in total. The van der Waals surface area contributed by atoms with E-state index in [0.717, 1.165) is 17.1 Å². The lowest BCUT2D eigenvalue weighted by molar-refractivity contribution is -0.00154. The van der Waals surface area contributed by atoms with E-state index in [9.17, 15) is 9.90 Å². The molecule has 7 nitrogen and oxygen atoms in total. The molecule has 2 aromatic rings. The van der Waals surface area contributed by atoms with Crippen LogP contribution < -0.4 is 9.47 Å². The van der Waals surface area contributed by atoms with Crippen LogP contribution >= 0.6 is 11.3 Å². The first-order valence-corrected chi connectivity index (χ1v) is 10.5. The monoisotopic (exact) mass is 419 g/mol. The van der Waals surface area contributed by atoms with Crippen molar-refractivity contribution in [2.75, 3.05) is 40.4 Å². The highest BCUT2D eigenvalue weighted by Gasteiger charge is 2.31. The summed E-state index contributed by atoms with van der Waals surface area (Å²) in [7, 11) is 3.19. The van der Waals surface area contributed by atoms with Gasteiger partial charge in [-0.1, -0.05) is 0 Å². The predicted molar refractivity (Wildman–Crippen MR) is 114 cm³/mol. The first-order valence-electron chi connectivity index (χ1n) is 9.65. The van der Waals surface area contributed by atoms with Gasteiger partial charge in [-0.25, -0.2) is 4.98 Å². The van der Waals surface area contributed by atoms with Gasteiger partial charge in [-0.2, -0.15) is 0 Å². The summed E-state index contributed by atoms with van der Waals surface area (Å²) in [6, 6.07) is 5.79. The molecule has 0 aliphatic carbocycles. The van der Waals surface area contributed by atoms with Gasteiger partial charge in [0, 0.05) is 43.2 Å². The van der Waals surface area contributed by atoms with Crippen molar-refractivity contribution in [2.24, 2.45) is 0 Å². The molecule has 0 saturated carbocycles. The fourth-order valence-corrected chi connectivity index (χ4v) is 4.34. The van der Waals surface area contributed by atoms with Crippen LogP contribution in [0.4, 0.5) is 0 Å². The summed E-state index contributed by atoms with van der Waals surface area (Å²) in [5.74, 6) is 1.23. The van der Waals surface area contributed by atoms with Gasteiger partial charge in [0.1, 0.15) is 10.7 Å². The number of nitrogens with zero attached hydrogens (tertiary/aromatic N) is 3. The molecule has 0 spiro atoms. The summed E-state index contributed by atoms with van der Waals surface area (Å²) < 4.78 is 10.6. The first-order chi connectivity index (χ1) is 13.7. The van der Waals surface area contributed by atoms with Gasteiger partial charge < -0.3 is 19.5 Å². The quantitative estimate of drug-likeness (QED) is 0.776. The van der Waals surface area contributed by atoms with Gasteiger partial charge in [-0.15, -0.1) is 11.3 Å². The van der Waals surface area contributed by atoms with Crippen molar-refractivity contribution in [2.45, 2.75) is 32.4 Å². The van der Waals surface area contributed by atoms with Gasteiger partial charge in [0.2, 0.25) is 0 Å². The number of β-amino-alcohol motifs (C(OH)–C–C–N with tert-alkyl or cyclic N) is 1. The Hall–Kier alpha value is -2.16. The number of methoxy groups -OCH3 is 2. The summed E-state index contributed by atoms with van der Waals surface area (Å²) >= 11 is 1.44. The van der Waals surface area contributed by atoms with Crippen LogP contribution in [-0.4, -0.2) is 77.8 Å². The normalized spacial score (nSPS) is 18.0. The van der Waals surface area contributed by atoms with E-state index >= 15 is 0 Å². The van der Waals surface area contributed by atoms with E-state index in [1.807, 2.05) is 42.3 Å². The smallest absolute Gasteiger partial charge is 0.273 e. The Morgan fingerprint density at radius 3 is 2.62 bits per heavy atom. The number of carbonyl (C=O) groups is 1. The molecule has 2 heterocycles. The van der Waals surface area contributed by atoms with E-state index in [1.54, 1.807) is 14.2 Å². The summed E-state index contributed by atoms with van der Waals surface area (Å²) in [6.45, 7) is 8.28. The molecule has 1 fully saturated rings. The van der Waals surface area contributed by atoms with Crippen LogP contribution in [0.3, 0.4) is 0 Å². The number of amides is 1. The van der Waals surface area contributed by atoms with E-state index in [1.165, 1.54) is 11.3 Å². The van der Waals surface area contributed by atoms with Crippen molar-refractivity contribution >= 4 is 17.2 Å². The van der Waals surface area contributed by atoms with Crippen molar-refractivity contribution in [3.8, 4) is 22.1 Å². The zero-order valence-electron chi connectivity index (χ0n) is 17.6. The molecule has 3 rings (SSSR count). The third-order valence-electron chi connectivity index (χ3n) is 5.00. The number of rotatable bonds is 6. The van der Waals surface area contributed by atoms with Gasteiger partial charge >= 0.3 is 0 Å². The number of ether oxygens (including phenoxy) is 2. The average Bonchev–Trinajstić information content (AvgIpc) is 3.17. The minimum Gasteiger partial charge on any atom is -0.493 e. The standard InChI is InChI=1S/C21H29N3O4S/c1-14-11-23(8-9-24(14)13-21(2,3)26)20(25)16-12-29-19(22-16)15-6-7-17(27-4)18(10-15)28-5/h6-7,10,12,14,26H,8-9,11,13H2,1-5H3. The Balaban J connectivity index is 1.70. The maximum Gasteiger partial charge on any atom is 0.273 e. The Morgan fingerprint density at radius 1 is 1.28 bits per heavy atom. The van der Waals surface area contributed by atoms with Crippen LogP contribution in [0.1, 0.15) is 31.3 Å². The number of aliphatic hydroxyl groups is 1. The molecule has 1 aliphatic heterocycles. The molecule has 8 heteroatoms. The molecule has 1 atom stereocenters. The lowest BCUT2D eigenvalue weighted by atomic mass is 10.1. The minimum atomic E-state index is -0.746. The lowest BCUT2D eigenvalue weighted by Gasteiger charge is -2.41. The van der Waals surface area contributed by atoms with Crippen molar-refractivity contribution in [3.63, 3.8) is 0 Å². The fourth-order valence-electron chi connectivity index (χ4n) is 3.55. The number of piperazine rings is 1. The number of benzene rings is 1. The van der Waals surface area contributed by atoms with Crippen molar-refractivity contribution in [1.29, 1.82) is 0 Å². The predicted octanol–water partition coefficient (Wildman–Crippen LogP) is 2.74. The Kier molecular flexibility index (Phi) is 6.45. The van der Waals surface area contributed by atoms with E-state index in [-0.39, 0.29) is 11.9 Å². The highest BCUT2D eigenvalue weighted by Crippen LogP contribution is 2.33. The topological polar surface area (TPSA) is 75.1 Å². The molecular weight excluding hydrogens is 390 g/mol. The van der Waals surface area contributed by atoms with Crippen molar-refractivity contribution in [3.05, 3.63) is 29.3 Å². The molecular formula is C21H29N3O4S. The second-order valence-corrected chi connectivity index (χ2v) is 8.85.